The summed E-state index contributed by atoms with van der Waals surface area (Å²) in [6.07, 6.45) is 7.50. The van der Waals surface area contributed by atoms with Gasteiger partial charge in [-0.1, -0.05) is 6.42 Å². The van der Waals surface area contributed by atoms with Crippen LogP contribution < -0.4 is 0 Å². The van der Waals surface area contributed by atoms with Crippen LogP contribution in [-0.4, -0.2) is 25.2 Å². The molecule has 0 aliphatic heterocycles. The molecule has 1 fully saturated rings. The lowest BCUT2D eigenvalue weighted by Crippen LogP contribution is -2.19. The molecule has 0 unspecified atom stereocenters. The van der Waals surface area contributed by atoms with E-state index in [2.05, 4.69) is 4.74 Å². The number of carbonyl (C=O) groups excluding carboxylic acids is 2. The van der Waals surface area contributed by atoms with Crippen LogP contribution in [0.3, 0.4) is 0 Å². The molecular formula is C11H16O4. The maximum absolute atomic E-state index is 11.2. The molecular weight excluding hydrogens is 196 g/mol. The molecule has 1 saturated carbocycles. The highest BCUT2D eigenvalue weighted by molar-refractivity contribution is 5.91. The maximum Gasteiger partial charge on any atom is 0.331 e. The zero-order chi connectivity index (χ0) is 11.1. The lowest BCUT2D eigenvalue weighted by molar-refractivity contribution is -0.145. The second-order valence-electron chi connectivity index (χ2n) is 3.55. The molecule has 1 rings (SSSR count). The van der Waals surface area contributed by atoms with Crippen molar-refractivity contribution in [1.29, 1.82) is 0 Å². The van der Waals surface area contributed by atoms with Gasteiger partial charge in [-0.25, -0.2) is 9.59 Å². The average molecular weight is 212 g/mol. The quantitative estimate of drug-likeness (QED) is 0.526. The van der Waals surface area contributed by atoms with E-state index in [9.17, 15) is 9.59 Å². The van der Waals surface area contributed by atoms with Gasteiger partial charge in [-0.3, -0.25) is 0 Å². The first-order valence-corrected chi connectivity index (χ1v) is 5.19. The third-order valence-electron chi connectivity index (χ3n) is 2.39. The smallest absolute Gasteiger partial charge is 0.331 e. The molecule has 0 bridgehead atoms. The van der Waals surface area contributed by atoms with Gasteiger partial charge in [0.15, 0.2) is 0 Å². The van der Waals surface area contributed by atoms with Crippen molar-refractivity contribution in [2.75, 3.05) is 7.11 Å². The predicted molar refractivity (Wildman–Crippen MR) is 54.1 cm³/mol. The summed E-state index contributed by atoms with van der Waals surface area (Å²) in [4.78, 5) is 21.9. The molecule has 15 heavy (non-hydrogen) atoms. The maximum atomic E-state index is 11.2. The van der Waals surface area contributed by atoms with Crippen LogP contribution >= 0.6 is 0 Å². The lowest BCUT2D eigenvalue weighted by atomic mass is 9.98. The molecule has 0 N–H and O–H groups in total. The summed E-state index contributed by atoms with van der Waals surface area (Å²) < 4.78 is 9.51. The molecule has 0 aromatic rings. The fraction of sp³-hybridized carbons (Fsp3) is 0.636. The Labute approximate surface area is 89.2 Å². The van der Waals surface area contributed by atoms with Gasteiger partial charge in [0.05, 0.1) is 7.11 Å². The average Bonchev–Trinajstić information content (AvgIpc) is 2.27. The van der Waals surface area contributed by atoms with Crippen molar-refractivity contribution < 1.29 is 19.1 Å². The van der Waals surface area contributed by atoms with Gasteiger partial charge in [0, 0.05) is 12.2 Å². The molecule has 0 radical (unpaired) electrons. The van der Waals surface area contributed by atoms with E-state index in [0.717, 1.165) is 37.8 Å². The summed E-state index contributed by atoms with van der Waals surface area (Å²) in [5, 5.41) is 0. The monoisotopic (exact) mass is 212 g/mol. The zero-order valence-electron chi connectivity index (χ0n) is 8.90. The number of esters is 2. The normalized spacial score (nSPS) is 17.7. The SMILES string of the molecule is COC(=O)/C=C/C(=O)OC1CCCCC1. The Hall–Kier alpha value is -1.32. The van der Waals surface area contributed by atoms with Crippen molar-refractivity contribution in [3.05, 3.63) is 12.2 Å². The predicted octanol–water partition coefficient (Wildman–Crippen LogP) is 1.59. The molecule has 0 heterocycles. The first-order valence-electron chi connectivity index (χ1n) is 5.19. The summed E-state index contributed by atoms with van der Waals surface area (Å²) in [5.41, 5.74) is 0. The van der Waals surface area contributed by atoms with E-state index in [1.54, 1.807) is 0 Å². The van der Waals surface area contributed by atoms with Gasteiger partial charge >= 0.3 is 11.9 Å². The minimum Gasteiger partial charge on any atom is -0.466 e. The zero-order valence-corrected chi connectivity index (χ0v) is 8.90. The van der Waals surface area contributed by atoms with Gasteiger partial charge in [0.2, 0.25) is 0 Å². The van der Waals surface area contributed by atoms with Crippen LogP contribution in [0.25, 0.3) is 0 Å². The Kier molecular flexibility index (Phi) is 4.87. The van der Waals surface area contributed by atoms with Crippen LogP contribution in [0.1, 0.15) is 32.1 Å². The summed E-state index contributed by atoms with van der Waals surface area (Å²) in [6, 6.07) is 0. The minimum absolute atomic E-state index is 0.0218. The molecule has 0 aromatic carbocycles. The van der Waals surface area contributed by atoms with Gasteiger partial charge in [-0.15, -0.1) is 0 Å². The van der Waals surface area contributed by atoms with Gasteiger partial charge in [-0.2, -0.15) is 0 Å². The fourth-order valence-electron chi connectivity index (χ4n) is 1.59. The standard InChI is InChI=1S/C11H16O4/c1-14-10(12)7-8-11(13)15-9-5-3-2-4-6-9/h7-9H,2-6H2,1H3/b8-7+. The Balaban J connectivity index is 2.28. The van der Waals surface area contributed by atoms with E-state index < -0.39 is 11.9 Å². The largest absolute Gasteiger partial charge is 0.466 e. The first kappa shape index (κ1) is 11.8. The Morgan fingerprint density at radius 1 is 1.07 bits per heavy atom. The number of carbonyl (C=O) groups is 2. The van der Waals surface area contributed by atoms with E-state index in [0.29, 0.717) is 0 Å². The van der Waals surface area contributed by atoms with E-state index in [4.69, 9.17) is 4.74 Å². The van der Waals surface area contributed by atoms with Crippen LogP contribution in [0.5, 0.6) is 0 Å². The molecule has 0 aromatic heterocycles. The highest BCUT2D eigenvalue weighted by atomic mass is 16.5. The highest BCUT2D eigenvalue weighted by Gasteiger charge is 2.16. The van der Waals surface area contributed by atoms with Gasteiger partial charge < -0.3 is 9.47 Å². The van der Waals surface area contributed by atoms with Crippen LogP contribution in [0.2, 0.25) is 0 Å². The number of ether oxygens (including phenoxy) is 2. The summed E-state index contributed by atoms with van der Waals surface area (Å²) in [5.74, 6) is -1.01. The van der Waals surface area contributed by atoms with Gasteiger partial charge in [0.25, 0.3) is 0 Å². The Bertz CT molecular complexity index is 251. The summed E-state index contributed by atoms with van der Waals surface area (Å²) >= 11 is 0. The minimum atomic E-state index is -0.546. The number of rotatable bonds is 3. The molecule has 1 aliphatic carbocycles. The topological polar surface area (TPSA) is 52.6 Å². The summed E-state index contributed by atoms with van der Waals surface area (Å²) in [7, 11) is 1.26. The molecule has 84 valence electrons. The van der Waals surface area contributed by atoms with Crippen LogP contribution in [-0.2, 0) is 19.1 Å². The van der Waals surface area contributed by atoms with Crippen LogP contribution in [0, 0.1) is 0 Å². The molecule has 4 nitrogen and oxygen atoms in total. The second-order valence-corrected chi connectivity index (χ2v) is 3.55. The van der Waals surface area contributed by atoms with Crippen molar-refractivity contribution in [2.24, 2.45) is 0 Å². The molecule has 0 saturated heterocycles. The lowest BCUT2D eigenvalue weighted by Gasteiger charge is -2.20. The van der Waals surface area contributed by atoms with Crippen molar-refractivity contribution in [3.63, 3.8) is 0 Å². The van der Waals surface area contributed by atoms with Crippen molar-refractivity contribution in [1.82, 2.24) is 0 Å². The van der Waals surface area contributed by atoms with E-state index in [-0.39, 0.29) is 6.10 Å². The van der Waals surface area contributed by atoms with E-state index >= 15 is 0 Å². The Morgan fingerprint density at radius 2 is 1.67 bits per heavy atom. The van der Waals surface area contributed by atoms with Crippen LogP contribution in [0.15, 0.2) is 12.2 Å². The third kappa shape index (κ3) is 4.63. The molecule has 0 atom stereocenters. The Morgan fingerprint density at radius 3 is 2.27 bits per heavy atom. The first-order chi connectivity index (χ1) is 7.22. The van der Waals surface area contributed by atoms with Crippen molar-refractivity contribution in [3.8, 4) is 0 Å². The van der Waals surface area contributed by atoms with Crippen molar-refractivity contribution >= 4 is 11.9 Å². The molecule has 0 spiro atoms. The highest BCUT2D eigenvalue weighted by Crippen LogP contribution is 2.20. The number of methoxy groups -OCH3 is 1. The van der Waals surface area contributed by atoms with E-state index in [1.807, 2.05) is 0 Å². The van der Waals surface area contributed by atoms with Crippen molar-refractivity contribution in [2.45, 2.75) is 38.2 Å². The van der Waals surface area contributed by atoms with Gasteiger partial charge in [0.1, 0.15) is 6.10 Å². The third-order valence-corrected chi connectivity index (χ3v) is 2.39. The fourth-order valence-corrected chi connectivity index (χ4v) is 1.59. The number of hydrogen-bond donors (Lipinski definition) is 0. The summed E-state index contributed by atoms with van der Waals surface area (Å²) in [6.45, 7) is 0. The number of hydrogen-bond acceptors (Lipinski definition) is 4. The van der Waals surface area contributed by atoms with Gasteiger partial charge in [-0.05, 0) is 25.7 Å². The molecule has 1 aliphatic rings. The molecule has 0 amide bonds. The van der Waals surface area contributed by atoms with Crippen LogP contribution in [0.4, 0.5) is 0 Å². The molecule has 4 heteroatoms. The second kappa shape index (κ2) is 6.22. The van der Waals surface area contributed by atoms with E-state index in [1.165, 1.54) is 13.5 Å².